The molecule has 0 spiro atoms. The van der Waals surface area contributed by atoms with Gasteiger partial charge in [0.05, 0.1) is 6.61 Å². The van der Waals surface area contributed by atoms with E-state index in [0.29, 0.717) is 11.3 Å². The lowest BCUT2D eigenvalue weighted by molar-refractivity contribution is -0.128. The molecular weight excluding hydrogens is 599 g/mol. The van der Waals surface area contributed by atoms with Crippen molar-refractivity contribution in [1.29, 1.82) is 0 Å². The summed E-state index contributed by atoms with van der Waals surface area (Å²) in [4.78, 5) is 24.5. The van der Waals surface area contributed by atoms with Crippen molar-refractivity contribution in [2.45, 2.75) is 58.3 Å². The molecule has 0 heterocycles. The fraction of sp³-hybridized carbons (Fsp3) is 0.294. The number of rotatable bonds is 16. The minimum absolute atomic E-state index is 0.0601. The standard InChI is InChI=1S/C34H37IO4/c1-2-3-4-5-6-7-8-9-26-38-31-20-10-28(11-21-31)15-25-34(37)39-32-22-12-27(13-23-32)14-24-33(36)29-16-18-30(35)19-17-29/h10-25H,2-9,26H2,1H3/b24-14+,25-15+. The molecule has 204 valence electrons. The zero-order chi connectivity index (χ0) is 27.7. The average molecular weight is 637 g/mol. The number of benzene rings is 3. The van der Waals surface area contributed by atoms with Gasteiger partial charge in [-0.2, -0.15) is 0 Å². The summed E-state index contributed by atoms with van der Waals surface area (Å²) in [5, 5.41) is 0. The number of ether oxygens (including phenoxy) is 2. The summed E-state index contributed by atoms with van der Waals surface area (Å²) in [6.45, 7) is 2.98. The first-order chi connectivity index (χ1) is 19.0. The maximum Gasteiger partial charge on any atom is 0.336 e. The van der Waals surface area contributed by atoms with E-state index in [2.05, 4.69) is 29.5 Å². The summed E-state index contributed by atoms with van der Waals surface area (Å²) in [6, 6.07) is 22.1. The Labute approximate surface area is 246 Å². The van der Waals surface area contributed by atoms with Crippen LogP contribution in [0.4, 0.5) is 0 Å². The summed E-state index contributed by atoms with van der Waals surface area (Å²) in [5.41, 5.74) is 2.38. The maximum atomic E-state index is 12.3. The van der Waals surface area contributed by atoms with E-state index in [9.17, 15) is 9.59 Å². The summed E-state index contributed by atoms with van der Waals surface area (Å²) in [7, 11) is 0. The van der Waals surface area contributed by atoms with Crippen molar-refractivity contribution >= 4 is 46.5 Å². The van der Waals surface area contributed by atoms with Crippen molar-refractivity contribution in [2.75, 3.05) is 6.61 Å². The number of esters is 1. The lowest BCUT2D eigenvalue weighted by atomic mass is 10.1. The molecule has 0 N–H and O–H groups in total. The molecule has 0 fully saturated rings. The van der Waals surface area contributed by atoms with Crippen LogP contribution in [0.25, 0.3) is 12.2 Å². The summed E-state index contributed by atoms with van der Waals surface area (Å²) >= 11 is 2.21. The van der Waals surface area contributed by atoms with Crippen LogP contribution in [-0.4, -0.2) is 18.4 Å². The van der Waals surface area contributed by atoms with E-state index in [4.69, 9.17) is 9.47 Å². The lowest BCUT2D eigenvalue weighted by Gasteiger charge is -2.06. The Morgan fingerprint density at radius 1 is 0.667 bits per heavy atom. The van der Waals surface area contributed by atoms with Crippen LogP contribution in [0.15, 0.2) is 84.9 Å². The fourth-order valence-corrected chi connectivity index (χ4v) is 4.30. The van der Waals surface area contributed by atoms with Gasteiger partial charge in [0.25, 0.3) is 0 Å². The van der Waals surface area contributed by atoms with Gasteiger partial charge in [-0.25, -0.2) is 4.79 Å². The Kier molecular flexibility index (Phi) is 13.5. The molecule has 39 heavy (non-hydrogen) atoms. The van der Waals surface area contributed by atoms with Gasteiger partial charge in [-0.05, 0) is 88.7 Å². The third-order valence-corrected chi connectivity index (χ3v) is 6.93. The molecule has 0 aliphatic heterocycles. The van der Waals surface area contributed by atoms with Gasteiger partial charge in [0, 0.05) is 15.2 Å². The monoisotopic (exact) mass is 636 g/mol. The number of carbonyl (C=O) groups excluding carboxylic acids is 2. The molecule has 0 radical (unpaired) electrons. The molecule has 0 atom stereocenters. The summed E-state index contributed by atoms with van der Waals surface area (Å²) < 4.78 is 12.3. The van der Waals surface area contributed by atoms with E-state index in [0.717, 1.165) is 33.5 Å². The Hall–Kier alpha value is -3.19. The zero-order valence-electron chi connectivity index (χ0n) is 22.6. The van der Waals surface area contributed by atoms with Crippen LogP contribution in [0.2, 0.25) is 0 Å². The van der Waals surface area contributed by atoms with Gasteiger partial charge >= 0.3 is 5.97 Å². The molecule has 0 aliphatic carbocycles. The Morgan fingerprint density at radius 2 is 1.21 bits per heavy atom. The van der Waals surface area contributed by atoms with Crippen molar-refractivity contribution in [1.82, 2.24) is 0 Å². The molecule has 3 aromatic carbocycles. The second-order valence-electron chi connectivity index (χ2n) is 9.42. The first kappa shape index (κ1) is 30.4. The van der Waals surface area contributed by atoms with Crippen molar-refractivity contribution in [3.05, 3.63) is 105 Å². The van der Waals surface area contributed by atoms with E-state index in [-0.39, 0.29) is 5.78 Å². The van der Waals surface area contributed by atoms with E-state index >= 15 is 0 Å². The van der Waals surface area contributed by atoms with Gasteiger partial charge < -0.3 is 9.47 Å². The van der Waals surface area contributed by atoms with Crippen molar-refractivity contribution in [2.24, 2.45) is 0 Å². The average Bonchev–Trinajstić information content (AvgIpc) is 2.95. The fourth-order valence-electron chi connectivity index (χ4n) is 3.94. The predicted molar refractivity (Wildman–Crippen MR) is 168 cm³/mol. The van der Waals surface area contributed by atoms with E-state index < -0.39 is 5.97 Å². The maximum absolute atomic E-state index is 12.3. The number of hydrogen-bond acceptors (Lipinski definition) is 4. The molecule has 5 heteroatoms. The van der Waals surface area contributed by atoms with Gasteiger partial charge in [-0.3, -0.25) is 4.79 Å². The van der Waals surface area contributed by atoms with Crippen molar-refractivity contribution in [3.63, 3.8) is 0 Å². The molecular formula is C34H37IO4. The third-order valence-electron chi connectivity index (χ3n) is 6.21. The second kappa shape index (κ2) is 17.4. The molecule has 3 rings (SSSR count). The highest BCUT2D eigenvalue weighted by molar-refractivity contribution is 14.1. The Bertz CT molecular complexity index is 1210. The number of hydrogen-bond donors (Lipinski definition) is 0. The van der Waals surface area contributed by atoms with Crippen LogP contribution in [-0.2, 0) is 4.79 Å². The van der Waals surface area contributed by atoms with Crippen LogP contribution in [0.5, 0.6) is 11.5 Å². The smallest absolute Gasteiger partial charge is 0.336 e. The molecule has 0 bridgehead atoms. The molecule has 0 saturated heterocycles. The minimum atomic E-state index is -0.456. The van der Waals surface area contributed by atoms with Crippen LogP contribution < -0.4 is 9.47 Å². The topological polar surface area (TPSA) is 52.6 Å². The molecule has 0 aliphatic rings. The molecule has 0 aromatic heterocycles. The highest BCUT2D eigenvalue weighted by Crippen LogP contribution is 2.17. The minimum Gasteiger partial charge on any atom is -0.494 e. The molecule has 0 amide bonds. The molecule has 4 nitrogen and oxygen atoms in total. The SMILES string of the molecule is CCCCCCCCCCOc1ccc(/C=C/C(=O)Oc2ccc(/C=C/C(=O)c3ccc(I)cc3)cc2)cc1. The lowest BCUT2D eigenvalue weighted by Crippen LogP contribution is -2.03. The number of ketones is 1. The zero-order valence-corrected chi connectivity index (χ0v) is 24.8. The number of allylic oxidation sites excluding steroid dienone is 1. The van der Waals surface area contributed by atoms with Crippen LogP contribution in [0.1, 0.15) is 79.8 Å². The van der Waals surface area contributed by atoms with Crippen molar-refractivity contribution < 1.29 is 19.1 Å². The van der Waals surface area contributed by atoms with Crippen LogP contribution in [0, 0.1) is 3.57 Å². The summed E-state index contributed by atoms with van der Waals surface area (Å²) in [5.74, 6) is 0.764. The van der Waals surface area contributed by atoms with E-state index in [1.165, 1.54) is 51.0 Å². The number of carbonyl (C=O) groups is 2. The Balaban J connectivity index is 1.36. The van der Waals surface area contributed by atoms with E-state index in [1.807, 2.05) is 48.5 Å². The molecule has 0 unspecified atom stereocenters. The highest BCUT2D eigenvalue weighted by Gasteiger charge is 2.03. The quantitative estimate of drug-likeness (QED) is 0.0393. The van der Waals surface area contributed by atoms with Gasteiger partial charge in [0.1, 0.15) is 11.5 Å². The number of halogens is 1. The van der Waals surface area contributed by atoms with Crippen molar-refractivity contribution in [3.8, 4) is 11.5 Å². The largest absolute Gasteiger partial charge is 0.494 e. The predicted octanol–water partition coefficient (Wildman–Crippen LogP) is 9.33. The molecule has 0 saturated carbocycles. The second-order valence-corrected chi connectivity index (χ2v) is 10.7. The van der Waals surface area contributed by atoms with E-state index in [1.54, 1.807) is 42.5 Å². The van der Waals surface area contributed by atoms with Gasteiger partial charge in [0.15, 0.2) is 5.78 Å². The van der Waals surface area contributed by atoms with Crippen LogP contribution >= 0.6 is 22.6 Å². The van der Waals surface area contributed by atoms with Crippen LogP contribution in [0.3, 0.4) is 0 Å². The van der Waals surface area contributed by atoms with Gasteiger partial charge in [-0.1, -0.05) is 94.3 Å². The van der Waals surface area contributed by atoms with Gasteiger partial charge in [0.2, 0.25) is 0 Å². The first-order valence-electron chi connectivity index (χ1n) is 13.7. The molecule has 3 aromatic rings. The number of unbranched alkanes of at least 4 members (excludes halogenated alkanes) is 7. The third kappa shape index (κ3) is 12.0. The highest BCUT2D eigenvalue weighted by atomic mass is 127. The van der Waals surface area contributed by atoms with Gasteiger partial charge in [-0.15, -0.1) is 0 Å². The summed E-state index contributed by atoms with van der Waals surface area (Å²) in [6.07, 6.45) is 16.6. The normalized spacial score (nSPS) is 11.2. The first-order valence-corrected chi connectivity index (χ1v) is 14.8. The Morgan fingerprint density at radius 3 is 1.82 bits per heavy atom.